The summed E-state index contributed by atoms with van der Waals surface area (Å²) in [5.74, 6) is -0.927. The first-order valence-electron chi connectivity index (χ1n) is 14.5. The van der Waals surface area contributed by atoms with E-state index in [9.17, 15) is 14.4 Å². The minimum absolute atomic E-state index is 0.0695. The van der Waals surface area contributed by atoms with Crippen LogP contribution in [0.15, 0.2) is 54.0 Å². The average molecular weight is 615 g/mol. The molecule has 0 spiro atoms. The molecule has 11 heteroatoms. The Morgan fingerprint density at radius 2 is 1.95 bits per heavy atom. The molecule has 44 heavy (non-hydrogen) atoms. The Balaban J connectivity index is 1.75. The first-order valence-corrected chi connectivity index (χ1v) is 14.9. The fourth-order valence-corrected chi connectivity index (χ4v) is 6.68. The molecule has 2 aliphatic heterocycles. The van der Waals surface area contributed by atoms with Crippen molar-refractivity contribution in [1.82, 2.24) is 24.8 Å². The van der Waals surface area contributed by atoms with Crippen LogP contribution < -0.4 is 15.9 Å². The number of hydrogen-bond acceptors (Lipinski definition) is 6. The van der Waals surface area contributed by atoms with Crippen LogP contribution >= 0.6 is 11.6 Å². The smallest absolute Gasteiger partial charge is 0.350 e. The predicted molar refractivity (Wildman–Crippen MR) is 169 cm³/mol. The van der Waals surface area contributed by atoms with Crippen LogP contribution in [-0.2, 0) is 11.3 Å². The standard InChI is InChI=1S/C33H32ClFN6O3/c1-6-24(42)39-12-13-40(19(5)16-39)31-21-14-22(34)26-25-20(8-7-9-23(25)35)15-37-32(43)27(26)30(21)41(33(44)38-31)29-18(4)10-11-36-28(29)17(2)3/h6-11,14,17,19H,1,12-13,15-16H2,2-5H3,(H,37,43)/t19-/m0/s1. The van der Waals surface area contributed by atoms with Crippen molar-refractivity contribution in [3.8, 4) is 16.8 Å². The van der Waals surface area contributed by atoms with Crippen molar-refractivity contribution in [2.75, 3.05) is 24.5 Å². The van der Waals surface area contributed by atoms with Crippen molar-refractivity contribution in [2.45, 2.75) is 46.2 Å². The van der Waals surface area contributed by atoms with Crippen molar-refractivity contribution in [1.29, 1.82) is 0 Å². The molecule has 1 N–H and O–H groups in total. The summed E-state index contributed by atoms with van der Waals surface area (Å²) in [4.78, 5) is 53.6. The zero-order chi connectivity index (χ0) is 31.4. The van der Waals surface area contributed by atoms with Crippen LogP contribution in [0.2, 0.25) is 5.02 Å². The normalized spacial score (nSPS) is 16.4. The van der Waals surface area contributed by atoms with Gasteiger partial charge < -0.3 is 15.1 Å². The number of pyridine rings is 1. The maximum atomic E-state index is 15.6. The molecule has 2 amide bonds. The number of halogens is 2. The van der Waals surface area contributed by atoms with Crippen LogP contribution in [0.1, 0.15) is 53.9 Å². The number of benzene rings is 2. The van der Waals surface area contributed by atoms with Gasteiger partial charge in [0.2, 0.25) is 5.91 Å². The van der Waals surface area contributed by atoms with E-state index < -0.39 is 17.4 Å². The number of hydrogen-bond donors (Lipinski definition) is 1. The van der Waals surface area contributed by atoms with Gasteiger partial charge in [-0.2, -0.15) is 4.98 Å². The molecule has 2 aromatic carbocycles. The number of rotatable bonds is 4. The second-order valence-corrected chi connectivity index (χ2v) is 12.0. The Labute approximate surface area is 259 Å². The fourth-order valence-electron chi connectivity index (χ4n) is 6.38. The van der Waals surface area contributed by atoms with E-state index in [1.807, 2.05) is 32.6 Å². The number of amides is 2. The number of nitrogens with one attached hydrogen (secondary N) is 1. The van der Waals surface area contributed by atoms with Crippen LogP contribution in [0.25, 0.3) is 27.7 Å². The molecule has 0 unspecified atom stereocenters. The molecule has 6 rings (SSSR count). The predicted octanol–water partition coefficient (Wildman–Crippen LogP) is 5.14. The SMILES string of the molecule is C=CC(=O)N1CCN(c2nc(=O)n(-c3c(C)ccnc3C(C)C)c3c4c(c(Cl)cc23)-c2c(F)cccc2CNC4=O)[C@@H](C)C1. The minimum Gasteiger partial charge on any atom is -0.350 e. The van der Waals surface area contributed by atoms with E-state index in [1.165, 1.54) is 16.7 Å². The van der Waals surface area contributed by atoms with E-state index in [-0.39, 0.29) is 51.6 Å². The highest BCUT2D eigenvalue weighted by Crippen LogP contribution is 2.44. The second-order valence-electron chi connectivity index (χ2n) is 11.6. The maximum Gasteiger partial charge on any atom is 0.354 e. The number of aromatic nitrogens is 3. The molecule has 0 bridgehead atoms. The number of carbonyl (C=O) groups is 2. The summed E-state index contributed by atoms with van der Waals surface area (Å²) in [5, 5.41) is 3.52. The lowest BCUT2D eigenvalue weighted by molar-refractivity contribution is -0.126. The summed E-state index contributed by atoms with van der Waals surface area (Å²) < 4.78 is 17.0. The van der Waals surface area contributed by atoms with Crippen LogP contribution in [0, 0.1) is 12.7 Å². The van der Waals surface area contributed by atoms with Crippen molar-refractivity contribution < 1.29 is 14.0 Å². The molecule has 9 nitrogen and oxygen atoms in total. The Morgan fingerprint density at radius 1 is 1.18 bits per heavy atom. The third-order valence-electron chi connectivity index (χ3n) is 8.44. The van der Waals surface area contributed by atoms with Gasteiger partial charge in [0.15, 0.2) is 0 Å². The van der Waals surface area contributed by atoms with E-state index in [0.717, 1.165) is 5.56 Å². The number of piperazine rings is 1. The van der Waals surface area contributed by atoms with Crippen LogP contribution in [0.5, 0.6) is 0 Å². The van der Waals surface area contributed by atoms with Crippen molar-refractivity contribution in [3.05, 3.63) is 92.9 Å². The van der Waals surface area contributed by atoms with Gasteiger partial charge in [-0.3, -0.25) is 19.1 Å². The zero-order valence-electron chi connectivity index (χ0n) is 24.9. The van der Waals surface area contributed by atoms with Gasteiger partial charge in [0, 0.05) is 54.9 Å². The van der Waals surface area contributed by atoms with Gasteiger partial charge in [-0.25, -0.2) is 9.18 Å². The van der Waals surface area contributed by atoms with E-state index in [1.54, 1.807) is 35.4 Å². The van der Waals surface area contributed by atoms with E-state index in [4.69, 9.17) is 11.6 Å². The lowest BCUT2D eigenvalue weighted by Crippen LogP contribution is -2.54. The Morgan fingerprint density at radius 3 is 2.66 bits per heavy atom. The van der Waals surface area contributed by atoms with Gasteiger partial charge in [-0.05, 0) is 55.2 Å². The third kappa shape index (κ3) is 4.64. The van der Waals surface area contributed by atoms with Gasteiger partial charge in [0.1, 0.15) is 11.6 Å². The first-order chi connectivity index (χ1) is 21.0. The number of carbonyl (C=O) groups excluding carboxylic acids is 2. The number of fused-ring (bicyclic) bond motifs is 5. The molecule has 226 valence electrons. The largest absolute Gasteiger partial charge is 0.354 e. The van der Waals surface area contributed by atoms with E-state index >= 15 is 4.39 Å². The van der Waals surface area contributed by atoms with Crippen molar-refractivity contribution in [2.24, 2.45) is 0 Å². The Bertz CT molecular complexity index is 1940. The molecule has 4 aromatic rings. The number of nitrogens with zero attached hydrogens (tertiary/aromatic N) is 5. The number of anilines is 1. The third-order valence-corrected chi connectivity index (χ3v) is 8.73. The number of aryl methyl sites for hydroxylation is 1. The van der Waals surface area contributed by atoms with Crippen LogP contribution in [0.3, 0.4) is 0 Å². The molecule has 0 radical (unpaired) electrons. The second kappa shape index (κ2) is 11.2. The van der Waals surface area contributed by atoms with E-state index in [0.29, 0.717) is 47.8 Å². The lowest BCUT2D eigenvalue weighted by atomic mass is 9.93. The zero-order valence-corrected chi connectivity index (χ0v) is 25.7. The molecule has 2 aromatic heterocycles. The molecule has 1 fully saturated rings. The molecule has 1 saturated heterocycles. The Kier molecular flexibility index (Phi) is 7.49. The summed E-state index contributed by atoms with van der Waals surface area (Å²) in [5.41, 5.74) is 2.66. The summed E-state index contributed by atoms with van der Waals surface area (Å²) >= 11 is 6.98. The molecular weight excluding hydrogens is 583 g/mol. The Hall–Kier alpha value is -4.57. The monoisotopic (exact) mass is 614 g/mol. The molecule has 0 aliphatic carbocycles. The average Bonchev–Trinajstić information content (AvgIpc) is 3.14. The van der Waals surface area contributed by atoms with Gasteiger partial charge in [-0.15, -0.1) is 0 Å². The molecule has 4 heterocycles. The highest BCUT2D eigenvalue weighted by Gasteiger charge is 2.34. The topological polar surface area (TPSA) is 100 Å². The summed E-state index contributed by atoms with van der Waals surface area (Å²) in [6.45, 7) is 12.6. The highest BCUT2D eigenvalue weighted by atomic mass is 35.5. The van der Waals surface area contributed by atoms with Gasteiger partial charge in [0.05, 0.1) is 27.5 Å². The summed E-state index contributed by atoms with van der Waals surface area (Å²) in [6, 6.07) is 7.90. The summed E-state index contributed by atoms with van der Waals surface area (Å²) in [7, 11) is 0. The molecule has 2 aliphatic rings. The molecule has 1 atom stereocenters. The first kappa shape index (κ1) is 29.5. The minimum atomic E-state index is -0.613. The van der Waals surface area contributed by atoms with Crippen LogP contribution in [0.4, 0.5) is 10.2 Å². The summed E-state index contributed by atoms with van der Waals surface area (Å²) in [6.07, 6.45) is 2.97. The van der Waals surface area contributed by atoms with Crippen molar-refractivity contribution in [3.63, 3.8) is 0 Å². The van der Waals surface area contributed by atoms with Gasteiger partial charge in [0.25, 0.3) is 5.91 Å². The lowest BCUT2D eigenvalue weighted by Gasteiger charge is -2.40. The maximum absolute atomic E-state index is 15.6. The molecule has 0 saturated carbocycles. The van der Waals surface area contributed by atoms with Crippen molar-refractivity contribution >= 4 is 40.1 Å². The van der Waals surface area contributed by atoms with E-state index in [2.05, 4.69) is 21.9 Å². The molecular formula is C33H32ClFN6O3. The highest BCUT2D eigenvalue weighted by molar-refractivity contribution is 6.36. The van der Waals surface area contributed by atoms with Gasteiger partial charge in [-0.1, -0.05) is 44.2 Å². The van der Waals surface area contributed by atoms with Crippen LogP contribution in [-0.4, -0.2) is 56.9 Å². The fraction of sp³-hybridized carbons (Fsp3) is 0.303. The quantitative estimate of drug-likeness (QED) is 0.320. The van der Waals surface area contributed by atoms with Gasteiger partial charge >= 0.3 is 5.69 Å².